The maximum Gasteiger partial charge on any atom is 0.251 e. The van der Waals surface area contributed by atoms with Gasteiger partial charge in [0.2, 0.25) is 0 Å². The minimum atomic E-state index is -0.0814. The number of ether oxygens (including phenoxy) is 1. The molecule has 20 heavy (non-hydrogen) atoms. The van der Waals surface area contributed by atoms with E-state index in [9.17, 15) is 4.79 Å². The van der Waals surface area contributed by atoms with Gasteiger partial charge >= 0.3 is 0 Å². The van der Waals surface area contributed by atoms with Crippen LogP contribution in [0.15, 0.2) is 24.3 Å². The number of rotatable bonds is 4. The van der Waals surface area contributed by atoms with E-state index in [-0.39, 0.29) is 11.9 Å². The maximum atomic E-state index is 12.2. The highest BCUT2D eigenvalue weighted by Crippen LogP contribution is 2.19. The molecule has 1 amide bonds. The first kappa shape index (κ1) is 14.9. The predicted molar refractivity (Wildman–Crippen MR) is 82.8 cm³/mol. The van der Waals surface area contributed by atoms with E-state index in [1.165, 1.54) is 0 Å². The zero-order valence-corrected chi connectivity index (χ0v) is 12.4. The normalized spacial score (nSPS) is 17.4. The zero-order chi connectivity index (χ0) is 14.5. The van der Waals surface area contributed by atoms with Crippen LogP contribution in [0.4, 0.5) is 0 Å². The number of hydrogen-bond acceptors (Lipinski definition) is 3. The molecule has 0 bridgehead atoms. The molecule has 108 valence electrons. The molecule has 1 saturated heterocycles. The van der Waals surface area contributed by atoms with Crippen molar-refractivity contribution in [2.45, 2.75) is 25.8 Å². The minimum Gasteiger partial charge on any atom is -0.389 e. The van der Waals surface area contributed by atoms with Gasteiger partial charge in [0.15, 0.2) is 0 Å². The van der Waals surface area contributed by atoms with Crippen LogP contribution in [0.1, 0.15) is 35.7 Å². The van der Waals surface area contributed by atoms with Gasteiger partial charge in [-0.15, -0.1) is 0 Å². The maximum absolute atomic E-state index is 12.2. The van der Waals surface area contributed by atoms with Crippen LogP contribution in [0, 0.1) is 5.92 Å². The summed E-state index contributed by atoms with van der Waals surface area (Å²) in [6.07, 6.45) is 1.99. The first-order valence-electron chi connectivity index (χ1n) is 6.86. The molecule has 1 heterocycles. The summed E-state index contributed by atoms with van der Waals surface area (Å²) in [6.45, 7) is 3.61. The molecule has 0 radical (unpaired) electrons. The van der Waals surface area contributed by atoms with E-state index >= 15 is 0 Å². The van der Waals surface area contributed by atoms with Gasteiger partial charge in [-0.2, -0.15) is 0 Å². The van der Waals surface area contributed by atoms with Gasteiger partial charge in [-0.3, -0.25) is 4.79 Å². The number of amides is 1. The summed E-state index contributed by atoms with van der Waals surface area (Å²) in [4.78, 5) is 12.5. The highest BCUT2D eigenvalue weighted by Gasteiger charge is 2.22. The van der Waals surface area contributed by atoms with Crippen molar-refractivity contribution in [3.05, 3.63) is 35.4 Å². The molecule has 0 aromatic heterocycles. The lowest BCUT2D eigenvalue weighted by Crippen LogP contribution is -2.40. The van der Waals surface area contributed by atoms with Crippen LogP contribution in [-0.4, -0.2) is 30.2 Å². The molecule has 1 aromatic rings. The fourth-order valence-corrected chi connectivity index (χ4v) is 2.56. The van der Waals surface area contributed by atoms with Crippen LogP contribution in [0.25, 0.3) is 0 Å². The second-order valence-corrected chi connectivity index (χ2v) is 5.60. The van der Waals surface area contributed by atoms with Crippen LogP contribution in [0.5, 0.6) is 0 Å². The summed E-state index contributed by atoms with van der Waals surface area (Å²) in [7, 11) is 0. The molecule has 2 rings (SSSR count). The number of thiocarbonyl (C=S) groups is 1. The second-order valence-electron chi connectivity index (χ2n) is 5.16. The first-order valence-corrected chi connectivity index (χ1v) is 7.27. The first-order chi connectivity index (χ1) is 9.58. The molecular weight excluding hydrogens is 272 g/mol. The molecule has 0 spiro atoms. The van der Waals surface area contributed by atoms with Gasteiger partial charge in [0.1, 0.15) is 4.99 Å². The highest BCUT2D eigenvalue weighted by molar-refractivity contribution is 7.80. The summed E-state index contributed by atoms with van der Waals surface area (Å²) in [6, 6.07) is 7.24. The lowest BCUT2D eigenvalue weighted by Gasteiger charge is -2.28. The Morgan fingerprint density at radius 3 is 2.70 bits per heavy atom. The summed E-state index contributed by atoms with van der Waals surface area (Å²) in [5.41, 5.74) is 6.89. The van der Waals surface area contributed by atoms with Crippen LogP contribution in [0.2, 0.25) is 0 Å². The third kappa shape index (κ3) is 3.77. The molecule has 1 unspecified atom stereocenters. The number of nitrogens with one attached hydrogen (secondary N) is 1. The van der Waals surface area contributed by atoms with E-state index in [1.54, 1.807) is 24.3 Å². The van der Waals surface area contributed by atoms with Crippen molar-refractivity contribution < 1.29 is 9.53 Å². The summed E-state index contributed by atoms with van der Waals surface area (Å²) in [5.74, 6) is 0.397. The molecule has 3 N–H and O–H groups in total. The van der Waals surface area contributed by atoms with E-state index in [4.69, 9.17) is 22.7 Å². The fourth-order valence-electron chi connectivity index (χ4n) is 2.44. The van der Waals surface area contributed by atoms with Crippen molar-refractivity contribution in [3.63, 3.8) is 0 Å². The van der Waals surface area contributed by atoms with Gasteiger partial charge in [0.05, 0.1) is 0 Å². The smallest absolute Gasteiger partial charge is 0.251 e. The topological polar surface area (TPSA) is 64.4 Å². The molecule has 0 aliphatic carbocycles. The third-order valence-corrected chi connectivity index (χ3v) is 3.98. The van der Waals surface area contributed by atoms with Crippen molar-refractivity contribution in [2.24, 2.45) is 11.7 Å². The Kier molecular flexibility index (Phi) is 5.09. The van der Waals surface area contributed by atoms with Gasteiger partial charge in [-0.25, -0.2) is 0 Å². The fraction of sp³-hybridized carbons (Fsp3) is 0.467. The summed E-state index contributed by atoms with van der Waals surface area (Å²) in [5, 5.41) is 3.05. The number of nitrogens with two attached hydrogens (primary N) is 1. The number of carbonyl (C=O) groups excluding carboxylic acids is 1. The average molecular weight is 292 g/mol. The molecule has 1 aliphatic rings. The number of hydrogen-bond donors (Lipinski definition) is 2. The largest absolute Gasteiger partial charge is 0.389 e. The van der Waals surface area contributed by atoms with Crippen molar-refractivity contribution in [2.75, 3.05) is 13.2 Å². The van der Waals surface area contributed by atoms with Crippen LogP contribution in [0.3, 0.4) is 0 Å². The third-order valence-electron chi connectivity index (χ3n) is 3.74. The molecule has 1 atom stereocenters. The predicted octanol–water partition coefficient (Wildman–Crippen LogP) is 1.87. The van der Waals surface area contributed by atoms with E-state index in [0.29, 0.717) is 22.0 Å². The van der Waals surface area contributed by atoms with Crippen molar-refractivity contribution in [1.82, 2.24) is 5.32 Å². The molecule has 1 aliphatic heterocycles. The Hall–Kier alpha value is -1.46. The second kappa shape index (κ2) is 6.81. The van der Waals surface area contributed by atoms with Crippen LogP contribution >= 0.6 is 12.2 Å². The van der Waals surface area contributed by atoms with Gasteiger partial charge in [0, 0.05) is 30.4 Å². The zero-order valence-electron chi connectivity index (χ0n) is 11.6. The van der Waals surface area contributed by atoms with E-state index < -0.39 is 0 Å². The van der Waals surface area contributed by atoms with E-state index in [1.807, 2.05) is 6.92 Å². The van der Waals surface area contributed by atoms with Gasteiger partial charge < -0.3 is 15.8 Å². The van der Waals surface area contributed by atoms with Crippen LogP contribution < -0.4 is 11.1 Å². The minimum absolute atomic E-state index is 0.0814. The molecule has 0 saturated carbocycles. The standard InChI is InChI=1S/C15H20N2O2S/c1-10(11-5-7-19-8-6-11)17-15(18)13-4-2-3-12(9-13)14(16)20/h2-4,9-11H,5-8H2,1H3,(H2,16,20)(H,17,18). The Morgan fingerprint density at radius 2 is 2.05 bits per heavy atom. The van der Waals surface area contributed by atoms with Gasteiger partial charge in [-0.05, 0) is 37.8 Å². The quantitative estimate of drug-likeness (QED) is 0.832. The van der Waals surface area contributed by atoms with Gasteiger partial charge in [-0.1, -0.05) is 24.4 Å². The SMILES string of the molecule is CC(NC(=O)c1cccc(C(N)=S)c1)C1CCOCC1. The highest BCUT2D eigenvalue weighted by atomic mass is 32.1. The molecule has 1 aromatic carbocycles. The lowest BCUT2D eigenvalue weighted by molar-refractivity contribution is 0.0538. The number of carbonyl (C=O) groups is 1. The monoisotopic (exact) mass is 292 g/mol. The van der Waals surface area contributed by atoms with Gasteiger partial charge in [0.25, 0.3) is 5.91 Å². The van der Waals surface area contributed by atoms with E-state index in [2.05, 4.69) is 5.32 Å². The molecule has 1 fully saturated rings. The Labute approximate surface area is 124 Å². The lowest BCUT2D eigenvalue weighted by atomic mass is 9.92. The Bertz CT molecular complexity index is 498. The summed E-state index contributed by atoms with van der Waals surface area (Å²) < 4.78 is 5.34. The Balaban J connectivity index is 2.00. The summed E-state index contributed by atoms with van der Waals surface area (Å²) >= 11 is 4.93. The van der Waals surface area contributed by atoms with E-state index in [0.717, 1.165) is 26.1 Å². The average Bonchev–Trinajstić information content (AvgIpc) is 2.48. The van der Waals surface area contributed by atoms with Crippen molar-refractivity contribution in [3.8, 4) is 0 Å². The Morgan fingerprint density at radius 1 is 1.40 bits per heavy atom. The molecule has 5 heteroatoms. The van der Waals surface area contributed by atoms with Crippen molar-refractivity contribution >= 4 is 23.1 Å². The molecular formula is C15H20N2O2S. The van der Waals surface area contributed by atoms with Crippen molar-refractivity contribution in [1.29, 1.82) is 0 Å². The van der Waals surface area contributed by atoms with Crippen LogP contribution in [-0.2, 0) is 4.74 Å². The number of benzene rings is 1. The molecule has 4 nitrogen and oxygen atoms in total.